The molecule has 1 aromatic carbocycles. The van der Waals surface area contributed by atoms with Crippen LogP contribution in [0.5, 0.6) is 5.75 Å². The van der Waals surface area contributed by atoms with Crippen molar-refractivity contribution in [2.24, 2.45) is 5.92 Å². The molecule has 1 saturated heterocycles. The van der Waals surface area contributed by atoms with Gasteiger partial charge in [0.15, 0.2) is 0 Å². The molecule has 130 valence electrons. The number of aryl methyl sites for hydroxylation is 1. The third-order valence-corrected chi connectivity index (χ3v) is 4.43. The third-order valence-electron chi connectivity index (χ3n) is 4.43. The van der Waals surface area contributed by atoms with Crippen molar-refractivity contribution >= 4 is 0 Å². The first kappa shape index (κ1) is 16.9. The molecule has 6 nitrogen and oxygen atoms in total. The van der Waals surface area contributed by atoms with Crippen molar-refractivity contribution in [1.82, 2.24) is 20.5 Å². The molecule has 1 aliphatic rings. The van der Waals surface area contributed by atoms with Crippen molar-refractivity contribution in [1.29, 1.82) is 0 Å². The van der Waals surface area contributed by atoms with Crippen molar-refractivity contribution in [3.05, 3.63) is 41.2 Å². The first-order valence-electron chi connectivity index (χ1n) is 8.60. The van der Waals surface area contributed by atoms with Crippen LogP contribution in [0.4, 0.5) is 0 Å². The van der Waals surface area contributed by atoms with Crippen molar-refractivity contribution in [2.45, 2.75) is 32.9 Å². The lowest BCUT2D eigenvalue weighted by Crippen LogP contribution is -2.33. The van der Waals surface area contributed by atoms with E-state index < -0.39 is 0 Å². The van der Waals surface area contributed by atoms with E-state index in [0.717, 1.165) is 49.9 Å². The van der Waals surface area contributed by atoms with Gasteiger partial charge < -0.3 is 10.1 Å². The van der Waals surface area contributed by atoms with Gasteiger partial charge in [-0.2, -0.15) is 0 Å². The van der Waals surface area contributed by atoms with Gasteiger partial charge in [0.25, 0.3) is 0 Å². The molecule has 1 fully saturated rings. The van der Waals surface area contributed by atoms with Crippen LogP contribution in [-0.2, 0) is 13.1 Å². The van der Waals surface area contributed by atoms with Gasteiger partial charge in [-0.1, -0.05) is 22.4 Å². The van der Waals surface area contributed by atoms with Crippen LogP contribution in [-0.4, -0.2) is 42.0 Å². The summed E-state index contributed by atoms with van der Waals surface area (Å²) in [5.74, 6) is 1.58. The highest BCUT2D eigenvalue weighted by atomic mass is 16.6. The summed E-state index contributed by atoms with van der Waals surface area (Å²) in [4.78, 5) is 2.19. The number of hydrogen-bond acceptors (Lipinski definition) is 6. The summed E-state index contributed by atoms with van der Waals surface area (Å²) in [5.41, 5.74) is 2.99. The molecule has 2 heterocycles. The Balaban J connectivity index is 1.46. The van der Waals surface area contributed by atoms with Crippen molar-refractivity contribution < 1.29 is 9.37 Å². The molecule has 1 N–H and O–H groups in total. The molecule has 1 aliphatic heterocycles. The maximum atomic E-state index is 5.92. The molecule has 0 aliphatic carbocycles. The van der Waals surface area contributed by atoms with Gasteiger partial charge in [-0.05, 0) is 51.1 Å². The zero-order valence-corrected chi connectivity index (χ0v) is 14.5. The van der Waals surface area contributed by atoms with E-state index in [-0.39, 0.29) is 0 Å². The Hall–Kier alpha value is -1.92. The molecule has 24 heavy (non-hydrogen) atoms. The van der Waals surface area contributed by atoms with Crippen LogP contribution in [0.3, 0.4) is 0 Å². The van der Waals surface area contributed by atoms with E-state index in [9.17, 15) is 0 Å². The van der Waals surface area contributed by atoms with E-state index in [1.165, 1.54) is 18.4 Å². The number of hydrogen-bond donors (Lipinski definition) is 1. The number of nitrogens with zero attached hydrogens (tertiary/aromatic N) is 3. The summed E-state index contributed by atoms with van der Waals surface area (Å²) in [6.45, 7) is 6.49. The van der Waals surface area contributed by atoms with Crippen LogP contribution in [0.2, 0.25) is 0 Å². The Kier molecular flexibility index (Phi) is 5.82. The van der Waals surface area contributed by atoms with Crippen LogP contribution in [0.1, 0.15) is 29.8 Å². The van der Waals surface area contributed by atoms with E-state index in [1.807, 2.05) is 6.92 Å². The first-order chi connectivity index (χ1) is 11.7. The summed E-state index contributed by atoms with van der Waals surface area (Å²) in [6, 6.07) is 8.36. The van der Waals surface area contributed by atoms with Crippen molar-refractivity contribution in [3.63, 3.8) is 0 Å². The minimum atomic E-state index is 0.629. The molecule has 1 unspecified atom stereocenters. The second kappa shape index (κ2) is 8.26. The Morgan fingerprint density at radius 3 is 2.75 bits per heavy atom. The van der Waals surface area contributed by atoms with Crippen molar-refractivity contribution in [3.8, 4) is 5.75 Å². The highest BCUT2D eigenvalue weighted by Gasteiger charge is 2.13. The first-order valence-corrected chi connectivity index (χ1v) is 8.60. The molecule has 0 radical (unpaired) electrons. The van der Waals surface area contributed by atoms with Gasteiger partial charge in [-0.15, -0.1) is 0 Å². The van der Waals surface area contributed by atoms with Crippen LogP contribution in [0, 0.1) is 12.8 Å². The third kappa shape index (κ3) is 4.79. The Morgan fingerprint density at radius 2 is 2.08 bits per heavy atom. The maximum absolute atomic E-state index is 5.92. The Bertz CT molecular complexity index is 620. The van der Waals surface area contributed by atoms with Gasteiger partial charge in [-0.25, -0.2) is 4.63 Å². The van der Waals surface area contributed by atoms with Crippen LogP contribution in [0.25, 0.3) is 0 Å². The van der Waals surface area contributed by atoms with Crippen LogP contribution < -0.4 is 10.1 Å². The standard InChI is InChI=1S/C18H26N4O2/c1-14-18(21-24-20-14)12-22(2)11-15-5-7-17(8-6-15)23-13-16-4-3-9-19-10-16/h5-8,16,19H,3-4,9-13H2,1-2H3. The fourth-order valence-corrected chi connectivity index (χ4v) is 2.99. The highest BCUT2D eigenvalue weighted by Crippen LogP contribution is 2.17. The van der Waals surface area contributed by atoms with E-state index >= 15 is 0 Å². The quantitative estimate of drug-likeness (QED) is 0.841. The molecule has 6 heteroatoms. The lowest BCUT2D eigenvalue weighted by molar-refractivity contribution is 0.218. The molecular weight excluding hydrogens is 304 g/mol. The fraction of sp³-hybridized carbons (Fsp3) is 0.556. The van der Waals surface area contributed by atoms with Crippen LogP contribution >= 0.6 is 0 Å². The number of nitrogens with one attached hydrogen (secondary N) is 1. The van der Waals surface area contributed by atoms with Gasteiger partial charge in [0.1, 0.15) is 17.1 Å². The molecule has 2 aromatic rings. The zero-order chi connectivity index (χ0) is 16.8. The average molecular weight is 330 g/mol. The molecule has 3 rings (SSSR count). The summed E-state index contributed by atoms with van der Waals surface area (Å²) in [5, 5.41) is 11.2. The minimum absolute atomic E-state index is 0.629. The largest absolute Gasteiger partial charge is 0.493 e. The highest BCUT2D eigenvalue weighted by molar-refractivity contribution is 5.27. The monoisotopic (exact) mass is 330 g/mol. The second-order valence-corrected chi connectivity index (χ2v) is 6.64. The van der Waals surface area contributed by atoms with E-state index in [2.05, 4.69) is 51.8 Å². The topological polar surface area (TPSA) is 63.4 Å². The van der Waals surface area contributed by atoms with E-state index in [0.29, 0.717) is 5.92 Å². The number of piperidine rings is 1. The maximum Gasteiger partial charge on any atom is 0.122 e. The SMILES string of the molecule is Cc1nonc1CN(C)Cc1ccc(OCC2CCCNC2)cc1. The number of aromatic nitrogens is 2. The smallest absolute Gasteiger partial charge is 0.122 e. The second-order valence-electron chi connectivity index (χ2n) is 6.64. The van der Waals surface area contributed by atoms with Crippen LogP contribution in [0.15, 0.2) is 28.9 Å². The lowest BCUT2D eigenvalue weighted by Gasteiger charge is -2.22. The number of ether oxygens (including phenoxy) is 1. The molecular formula is C18H26N4O2. The molecule has 1 aromatic heterocycles. The summed E-state index contributed by atoms with van der Waals surface area (Å²) >= 11 is 0. The summed E-state index contributed by atoms with van der Waals surface area (Å²) < 4.78 is 10.7. The fourth-order valence-electron chi connectivity index (χ4n) is 2.99. The van der Waals surface area contributed by atoms with Crippen molar-refractivity contribution in [2.75, 3.05) is 26.7 Å². The van der Waals surface area contributed by atoms with Gasteiger partial charge in [0.2, 0.25) is 0 Å². The Labute approximate surface area is 143 Å². The lowest BCUT2D eigenvalue weighted by atomic mass is 10.0. The molecule has 0 bridgehead atoms. The Morgan fingerprint density at radius 1 is 1.25 bits per heavy atom. The molecule has 1 atom stereocenters. The van der Waals surface area contributed by atoms with Gasteiger partial charge in [0.05, 0.1) is 6.61 Å². The predicted molar refractivity (Wildman–Crippen MR) is 91.7 cm³/mol. The molecule has 0 spiro atoms. The minimum Gasteiger partial charge on any atom is -0.493 e. The average Bonchev–Trinajstić information content (AvgIpc) is 3.00. The normalized spacial score (nSPS) is 18.0. The van der Waals surface area contributed by atoms with E-state index in [1.54, 1.807) is 0 Å². The molecule has 0 saturated carbocycles. The summed E-state index contributed by atoms with van der Waals surface area (Å²) in [6.07, 6.45) is 2.51. The zero-order valence-electron chi connectivity index (χ0n) is 14.5. The van der Waals surface area contributed by atoms with E-state index in [4.69, 9.17) is 9.37 Å². The predicted octanol–water partition coefficient (Wildman–Crippen LogP) is 2.39. The van der Waals surface area contributed by atoms with Gasteiger partial charge >= 0.3 is 0 Å². The van der Waals surface area contributed by atoms with Gasteiger partial charge in [0, 0.05) is 25.6 Å². The number of rotatable bonds is 7. The number of benzene rings is 1. The van der Waals surface area contributed by atoms with Gasteiger partial charge in [-0.3, -0.25) is 4.90 Å². The molecule has 0 amide bonds. The summed E-state index contributed by atoms with van der Waals surface area (Å²) in [7, 11) is 2.06.